The topological polar surface area (TPSA) is 316 Å². The SMILES string of the molecule is CC[C@H](C)[C@H](NC(=O)[C@@H](NC(=O)[C@@H](NC(=O)CNC(=O)CNC(=O)[C@@H](NC(=O)[C@@H](N)CCSC)C(C)C)C(C)C)C(C)C)C(=O)N[C@@H](C)C(=O)N[C@H](C(=O)O)[C@@H](C)O. The van der Waals surface area contributed by atoms with E-state index in [4.69, 9.17) is 5.73 Å². The molecule has 0 aromatic rings. The molecule has 0 saturated heterocycles. The van der Waals surface area contributed by atoms with Crippen molar-refractivity contribution in [1.29, 1.82) is 0 Å². The first-order valence-electron chi connectivity index (χ1n) is 19.4. The highest BCUT2D eigenvalue weighted by atomic mass is 32.2. The fourth-order valence-corrected chi connectivity index (χ4v) is 5.70. The molecule has 0 spiro atoms. The van der Waals surface area contributed by atoms with Crippen molar-refractivity contribution in [3.8, 4) is 0 Å². The second-order valence-electron chi connectivity index (χ2n) is 15.3. The minimum atomic E-state index is -1.62. The van der Waals surface area contributed by atoms with Crippen LogP contribution in [-0.2, 0) is 43.2 Å². The summed E-state index contributed by atoms with van der Waals surface area (Å²) in [6.45, 7) is 15.0. The lowest BCUT2D eigenvalue weighted by Gasteiger charge is -2.30. The van der Waals surface area contributed by atoms with Gasteiger partial charge in [-0.2, -0.15) is 11.8 Å². The van der Waals surface area contributed by atoms with Gasteiger partial charge in [0.05, 0.1) is 25.2 Å². The van der Waals surface area contributed by atoms with Crippen molar-refractivity contribution in [2.45, 2.75) is 130 Å². The number of carboxylic acids is 1. The fraction of sp³-hybridized carbons (Fsp3) is 0.757. The van der Waals surface area contributed by atoms with Gasteiger partial charge in [-0.3, -0.25) is 38.4 Å². The molecule has 0 aromatic carbocycles. The predicted octanol–water partition coefficient (Wildman–Crippen LogP) is -2.29. The molecule has 0 heterocycles. The minimum absolute atomic E-state index is 0.320. The van der Waals surface area contributed by atoms with Crippen molar-refractivity contribution in [2.75, 3.05) is 25.1 Å². The van der Waals surface area contributed by atoms with Gasteiger partial charge in [0, 0.05) is 0 Å². The van der Waals surface area contributed by atoms with Crippen LogP contribution in [0.2, 0.25) is 0 Å². The van der Waals surface area contributed by atoms with E-state index in [9.17, 15) is 53.4 Å². The Hall–Kier alpha value is -4.50. The molecule has 0 rings (SSSR count). The van der Waals surface area contributed by atoms with Crippen LogP contribution in [0, 0.1) is 23.7 Å². The van der Waals surface area contributed by atoms with Gasteiger partial charge in [0.1, 0.15) is 30.2 Å². The molecule has 20 nitrogen and oxygen atoms in total. The molecule has 0 fully saturated rings. The van der Waals surface area contributed by atoms with E-state index in [1.54, 1.807) is 55.4 Å². The number of carbonyl (C=O) groups is 9. The molecule has 332 valence electrons. The number of thioether (sulfide) groups is 1. The molecular weight excluding hydrogens is 779 g/mol. The molecular formula is C37H67N9O11S. The molecule has 0 unspecified atom stereocenters. The van der Waals surface area contributed by atoms with Gasteiger partial charge in [-0.05, 0) is 55.9 Å². The van der Waals surface area contributed by atoms with Crippen molar-refractivity contribution < 1.29 is 53.4 Å². The molecule has 0 aliphatic rings. The van der Waals surface area contributed by atoms with Crippen LogP contribution in [0.1, 0.15) is 82.1 Å². The van der Waals surface area contributed by atoms with E-state index in [-0.39, 0.29) is 5.92 Å². The lowest BCUT2D eigenvalue weighted by Crippen LogP contribution is -2.61. The summed E-state index contributed by atoms with van der Waals surface area (Å²) >= 11 is 1.53. The summed E-state index contributed by atoms with van der Waals surface area (Å²) in [7, 11) is 0. The van der Waals surface area contributed by atoms with E-state index in [0.29, 0.717) is 18.6 Å². The number of nitrogens with two attached hydrogens (primary N) is 1. The smallest absolute Gasteiger partial charge is 0.328 e. The van der Waals surface area contributed by atoms with Crippen molar-refractivity contribution in [1.82, 2.24) is 42.5 Å². The maximum Gasteiger partial charge on any atom is 0.328 e. The third-order valence-corrected chi connectivity index (χ3v) is 9.83. The van der Waals surface area contributed by atoms with Gasteiger partial charge in [0.25, 0.3) is 0 Å². The Morgan fingerprint density at radius 1 is 0.552 bits per heavy atom. The summed E-state index contributed by atoms with van der Waals surface area (Å²) in [4.78, 5) is 115. The lowest BCUT2D eigenvalue weighted by molar-refractivity contribution is -0.145. The molecule has 0 saturated carbocycles. The molecule has 0 bridgehead atoms. The fourth-order valence-electron chi connectivity index (χ4n) is 5.21. The number of nitrogens with one attached hydrogen (secondary N) is 8. The van der Waals surface area contributed by atoms with Crippen LogP contribution in [-0.4, -0.2) is 137 Å². The Bertz CT molecular complexity index is 1430. The van der Waals surface area contributed by atoms with E-state index >= 15 is 0 Å². The van der Waals surface area contributed by atoms with E-state index in [0.717, 1.165) is 0 Å². The number of carbonyl (C=O) groups excluding carboxylic acids is 8. The van der Waals surface area contributed by atoms with Crippen LogP contribution in [0.5, 0.6) is 0 Å². The largest absolute Gasteiger partial charge is 0.480 e. The number of aliphatic hydroxyl groups excluding tert-OH is 1. The average molecular weight is 846 g/mol. The summed E-state index contributed by atoms with van der Waals surface area (Å²) in [5.74, 6) is -8.17. The van der Waals surface area contributed by atoms with Crippen LogP contribution in [0.15, 0.2) is 0 Å². The first-order chi connectivity index (χ1) is 26.9. The van der Waals surface area contributed by atoms with Gasteiger partial charge in [0.2, 0.25) is 47.3 Å². The maximum absolute atomic E-state index is 13.6. The highest BCUT2D eigenvalue weighted by Gasteiger charge is 2.35. The van der Waals surface area contributed by atoms with Crippen molar-refractivity contribution >= 4 is 65.0 Å². The highest BCUT2D eigenvalue weighted by molar-refractivity contribution is 7.98. The maximum atomic E-state index is 13.6. The first kappa shape index (κ1) is 53.5. The van der Waals surface area contributed by atoms with E-state index in [1.807, 2.05) is 6.26 Å². The monoisotopic (exact) mass is 845 g/mol. The molecule has 0 aliphatic carbocycles. The van der Waals surface area contributed by atoms with Crippen LogP contribution < -0.4 is 48.3 Å². The van der Waals surface area contributed by atoms with Crippen LogP contribution >= 0.6 is 11.8 Å². The summed E-state index contributed by atoms with van der Waals surface area (Å²) < 4.78 is 0. The van der Waals surface area contributed by atoms with Gasteiger partial charge in [0.15, 0.2) is 6.04 Å². The molecule has 21 heteroatoms. The molecule has 58 heavy (non-hydrogen) atoms. The Morgan fingerprint density at radius 3 is 1.45 bits per heavy atom. The number of hydrogen-bond acceptors (Lipinski definition) is 12. The number of aliphatic hydroxyl groups is 1. The molecule has 8 amide bonds. The summed E-state index contributed by atoms with van der Waals surface area (Å²) in [5.41, 5.74) is 5.91. The number of rotatable bonds is 26. The Morgan fingerprint density at radius 2 is 0.983 bits per heavy atom. The zero-order valence-electron chi connectivity index (χ0n) is 35.5. The van der Waals surface area contributed by atoms with E-state index < -0.39 is 132 Å². The normalized spacial score (nSPS) is 15.9. The van der Waals surface area contributed by atoms with E-state index in [2.05, 4.69) is 42.5 Å². The number of carboxylic acid groups (broad SMARTS) is 1. The standard InChI is InChI=1S/C37H67N9O11S/c1-12-20(8)29(36(55)41-21(9)31(50)46-30(22(10)47)37(56)57)45-35(54)28(19(6)7)44-34(53)27(18(4)5)42-25(49)16-39-24(48)15-40-33(52)26(17(2)3)43-32(51)23(38)13-14-58-11/h17-23,26-30,47H,12-16,38H2,1-11H3,(H,39,48)(H,40,52)(H,41,55)(H,42,49)(H,43,51)(H,44,53)(H,45,54)(H,46,50)(H,56,57)/t20-,21-,22+,23-,26-,27-,28-,29-,30-/m0/s1. The summed E-state index contributed by atoms with van der Waals surface area (Å²) in [6.07, 6.45) is 1.32. The van der Waals surface area contributed by atoms with Gasteiger partial charge in [-0.25, -0.2) is 4.79 Å². The van der Waals surface area contributed by atoms with Gasteiger partial charge in [-0.15, -0.1) is 0 Å². The molecule has 0 aromatic heterocycles. The minimum Gasteiger partial charge on any atom is -0.480 e. The molecule has 0 aliphatic heterocycles. The van der Waals surface area contributed by atoms with Gasteiger partial charge in [-0.1, -0.05) is 61.8 Å². The molecule has 9 atom stereocenters. The predicted molar refractivity (Wildman–Crippen MR) is 218 cm³/mol. The zero-order valence-corrected chi connectivity index (χ0v) is 36.3. The van der Waals surface area contributed by atoms with Crippen LogP contribution in [0.3, 0.4) is 0 Å². The Balaban J connectivity index is 5.52. The molecule has 0 radical (unpaired) electrons. The average Bonchev–Trinajstić information content (AvgIpc) is 3.14. The quantitative estimate of drug-likeness (QED) is 0.0438. The Labute approximate surface area is 345 Å². The molecule has 12 N–H and O–H groups in total. The number of amides is 8. The second-order valence-corrected chi connectivity index (χ2v) is 16.3. The summed E-state index contributed by atoms with van der Waals surface area (Å²) in [5, 5.41) is 38.8. The van der Waals surface area contributed by atoms with Crippen LogP contribution in [0.25, 0.3) is 0 Å². The van der Waals surface area contributed by atoms with Crippen molar-refractivity contribution in [3.05, 3.63) is 0 Å². The first-order valence-corrected chi connectivity index (χ1v) is 20.8. The Kier molecular flexibility index (Phi) is 24.4. The number of hydrogen-bond donors (Lipinski definition) is 11. The second kappa shape index (κ2) is 26.5. The van der Waals surface area contributed by atoms with Crippen molar-refractivity contribution in [3.63, 3.8) is 0 Å². The lowest BCUT2D eigenvalue weighted by atomic mass is 9.95. The van der Waals surface area contributed by atoms with Crippen molar-refractivity contribution in [2.24, 2.45) is 29.4 Å². The zero-order chi connectivity index (χ0) is 45.0. The highest BCUT2D eigenvalue weighted by Crippen LogP contribution is 2.12. The van der Waals surface area contributed by atoms with Gasteiger partial charge < -0.3 is 58.5 Å². The number of aliphatic carboxylic acids is 1. The third kappa shape index (κ3) is 18.8. The van der Waals surface area contributed by atoms with Crippen LogP contribution in [0.4, 0.5) is 0 Å². The third-order valence-electron chi connectivity index (χ3n) is 9.19. The van der Waals surface area contributed by atoms with Gasteiger partial charge >= 0.3 is 5.97 Å². The van der Waals surface area contributed by atoms with E-state index in [1.165, 1.54) is 25.6 Å². The summed E-state index contributed by atoms with van der Waals surface area (Å²) in [6, 6.07) is -8.12.